The number of ether oxygens (including phenoxy) is 2. The highest BCUT2D eigenvalue weighted by Gasteiger charge is 2.35. The van der Waals surface area contributed by atoms with E-state index in [-0.39, 0.29) is 17.6 Å². The van der Waals surface area contributed by atoms with Crippen LogP contribution in [0.25, 0.3) is 0 Å². The number of benzene rings is 2. The summed E-state index contributed by atoms with van der Waals surface area (Å²) in [6.45, 7) is 6.17. The van der Waals surface area contributed by atoms with Crippen molar-refractivity contribution in [2.24, 2.45) is 0 Å². The summed E-state index contributed by atoms with van der Waals surface area (Å²) in [5.74, 6) is 2.42. The van der Waals surface area contributed by atoms with Crippen molar-refractivity contribution in [2.75, 3.05) is 12.9 Å². The van der Waals surface area contributed by atoms with Crippen LogP contribution >= 0.6 is 11.8 Å². The first-order valence-electron chi connectivity index (χ1n) is 8.83. The lowest BCUT2D eigenvalue weighted by Crippen LogP contribution is -2.41. The quantitative estimate of drug-likeness (QED) is 0.764. The topological polar surface area (TPSA) is 47.6 Å². The van der Waals surface area contributed by atoms with Gasteiger partial charge in [-0.1, -0.05) is 19.1 Å². The molecule has 2 aromatic rings. The van der Waals surface area contributed by atoms with Crippen molar-refractivity contribution in [2.45, 2.75) is 43.7 Å². The Hall–Kier alpha value is -2.14. The van der Waals surface area contributed by atoms with E-state index in [1.165, 1.54) is 0 Å². The van der Waals surface area contributed by atoms with Crippen molar-refractivity contribution in [1.82, 2.24) is 5.32 Å². The molecule has 1 unspecified atom stereocenters. The fourth-order valence-electron chi connectivity index (χ4n) is 3.26. The molecule has 0 radical (unpaired) electrons. The maximum Gasteiger partial charge on any atom is 0.252 e. The summed E-state index contributed by atoms with van der Waals surface area (Å²) >= 11 is 1.68. The van der Waals surface area contributed by atoms with Gasteiger partial charge in [-0.05, 0) is 49.9 Å². The fourth-order valence-corrected chi connectivity index (χ4v) is 4.06. The second-order valence-electron chi connectivity index (χ2n) is 6.92. The zero-order valence-electron chi connectivity index (χ0n) is 15.7. The highest BCUT2D eigenvalue weighted by Crippen LogP contribution is 2.41. The van der Waals surface area contributed by atoms with E-state index < -0.39 is 0 Å². The number of hydrogen-bond acceptors (Lipinski definition) is 4. The molecule has 1 heterocycles. The van der Waals surface area contributed by atoms with Crippen LogP contribution < -0.4 is 14.8 Å². The Labute approximate surface area is 159 Å². The second-order valence-corrected chi connectivity index (χ2v) is 8.23. The normalized spacial score (nSPS) is 17.8. The molecule has 0 spiro atoms. The summed E-state index contributed by atoms with van der Waals surface area (Å²) in [5, 5.41) is 3.21. The van der Waals surface area contributed by atoms with Crippen molar-refractivity contribution in [3.63, 3.8) is 0 Å². The van der Waals surface area contributed by atoms with Crippen molar-refractivity contribution < 1.29 is 14.3 Å². The molecule has 1 aliphatic rings. The van der Waals surface area contributed by atoms with Crippen LogP contribution in [0.4, 0.5) is 0 Å². The zero-order valence-corrected chi connectivity index (χ0v) is 16.5. The van der Waals surface area contributed by atoms with E-state index in [4.69, 9.17) is 9.47 Å². The summed E-state index contributed by atoms with van der Waals surface area (Å²) in [6.07, 6.45) is 0.696. The molecule has 0 saturated carbocycles. The number of nitrogens with one attached hydrogen (secondary N) is 1. The SMILES string of the molecule is CCSc1ccccc1C(=O)NC1CC(C)(C)Oc2ccc(OC)cc21. The smallest absolute Gasteiger partial charge is 0.252 e. The van der Waals surface area contributed by atoms with Crippen LogP contribution in [0, 0.1) is 0 Å². The van der Waals surface area contributed by atoms with Gasteiger partial charge in [0.25, 0.3) is 5.91 Å². The Morgan fingerprint density at radius 2 is 2.08 bits per heavy atom. The molecule has 3 rings (SSSR count). The lowest BCUT2D eigenvalue weighted by molar-refractivity contribution is 0.0617. The lowest BCUT2D eigenvalue weighted by Gasteiger charge is -2.38. The molecular formula is C21H25NO3S. The van der Waals surface area contributed by atoms with E-state index in [1.54, 1.807) is 18.9 Å². The van der Waals surface area contributed by atoms with E-state index in [0.717, 1.165) is 27.7 Å². The molecule has 1 amide bonds. The summed E-state index contributed by atoms with van der Waals surface area (Å²) in [4.78, 5) is 14.0. The minimum absolute atomic E-state index is 0.0574. The van der Waals surface area contributed by atoms with Gasteiger partial charge in [-0.15, -0.1) is 11.8 Å². The molecule has 0 aromatic heterocycles. The van der Waals surface area contributed by atoms with Gasteiger partial charge in [0.15, 0.2) is 0 Å². The van der Waals surface area contributed by atoms with Gasteiger partial charge in [0.1, 0.15) is 17.1 Å². The van der Waals surface area contributed by atoms with E-state index in [0.29, 0.717) is 12.0 Å². The number of carbonyl (C=O) groups is 1. The Balaban J connectivity index is 1.91. The third kappa shape index (κ3) is 3.98. The molecule has 0 saturated heterocycles. The van der Waals surface area contributed by atoms with Crippen LogP contribution in [0.2, 0.25) is 0 Å². The van der Waals surface area contributed by atoms with Crippen LogP contribution in [-0.2, 0) is 0 Å². The molecule has 1 N–H and O–H groups in total. The zero-order chi connectivity index (χ0) is 18.7. The predicted octanol–water partition coefficient (Wildman–Crippen LogP) is 4.84. The Kier molecular flexibility index (Phi) is 5.47. The van der Waals surface area contributed by atoms with E-state index in [9.17, 15) is 4.79 Å². The first-order chi connectivity index (χ1) is 12.4. The summed E-state index contributed by atoms with van der Waals surface area (Å²) in [7, 11) is 1.64. The number of hydrogen-bond donors (Lipinski definition) is 1. The van der Waals surface area contributed by atoms with Crippen LogP contribution in [0.1, 0.15) is 49.2 Å². The highest BCUT2D eigenvalue weighted by molar-refractivity contribution is 7.99. The molecule has 0 fully saturated rings. The largest absolute Gasteiger partial charge is 0.497 e. The summed E-state index contributed by atoms with van der Waals surface area (Å²) < 4.78 is 11.4. The molecule has 5 heteroatoms. The van der Waals surface area contributed by atoms with Crippen molar-refractivity contribution >= 4 is 17.7 Å². The maximum atomic E-state index is 13.0. The van der Waals surface area contributed by atoms with Gasteiger partial charge in [0, 0.05) is 16.9 Å². The monoisotopic (exact) mass is 371 g/mol. The molecule has 0 aliphatic carbocycles. The van der Waals surface area contributed by atoms with Crippen LogP contribution in [0.5, 0.6) is 11.5 Å². The molecule has 1 atom stereocenters. The van der Waals surface area contributed by atoms with Crippen LogP contribution in [-0.4, -0.2) is 24.4 Å². The Morgan fingerprint density at radius 3 is 2.81 bits per heavy atom. The van der Waals surface area contributed by atoms with Gasteiger partial charge >= 0.3 is 0 Å². The maximum absolute atomic E-state index is 13.0. The molecule has 0 bridgehead atoms. The minimum Gasteiger partial charge on any atom is -0.497 e. The number of methoxy groups -OCH3 is 1. The average molecular weight is 372 g/mol. The predicted molar refractivity (Wildman–Crippen MR) is 105 cm³/mol. The first kappa shape index (κ1) is 18.6. The minimum atomic E-state index is -0.350. The molecular weight excluding hydrogens is 346 g/mol. The molecule has 4 nitrogen and oxygen atoms in total. The van der Waals surface area contributed by atoms with Crippen molar-refractivity contribution in [3.8, 4) is 11.5 Å². The van der Waals surface area contributed by atoms with Gasteiger partial charge in [-0.2, -0.15) is 0 Å². The molecule has 1 aliphatic heterocycles. The van der Waals surface area contributed by atoms with E-state index in [1.807, 2.05) is 56.3 Å². The van der Waals surface area contributed by atoms with Crippen LogP contribution in [0.15, 0.2) is 47.4 Å². The molecule has 26 heavy (non-hydrogen) atoms. The molecule has 138 valence electrons. The van der Waals surface area contributed by atoms with Crippen LogP contribution in [0.3, 0.4) is 0 Å². The van der Waals surface area contributed by atoms with Crippen molar-refractivity contribution in [1.29, 1.82) is 0 Å². The third-order valence-corrected chi connectivity index (χ3v) is 5.37. The number of carbonyl (C=O) groups excluding carboxylic acids is 1. The Bertz CT molecular complexity index is 804. The standard InChI is InChI=1S/C21H25NO3S/c1-5-26-19-9-7-6-8-15(19)20(23)22-17-13-21(2,3)25-18-11-10-14(24-4)12-16(17)18/h6-12,17H,5,13H2,1-4H3,(H,22,23). The van der Waals surface area contributed by atoms with Gasteiger partial charge in [-0.25, -0.2) is 0 Å². The number of fused-ring (bicyclic) bond motifs is 1. The first-order valence-corrected chi connectivity index (χ1v) is 9.81. The lowest BCUT2D eigenvalue weighted by atomic mass is 9.89. The van der Waals surface area contributed by atoms with Gasteiger partial charge in [-0.3, -0.25) is 4.79 Å². The third-order valence-electron chi connectivity index (χ3n) is 4.41. The van der Waals surface area contributed by atoms with Gasteiger partial charge in [0.05, 0.1) is 18.7 Å². The molecule has 2 aromatic carbocycles. The summed E-state index contributed by atoms with van der Waals surface area (Å²) in [5.41, 5.74) is 1.32. The van der Waals surface area contributed by atoms with E-state index in [2.05, 4.69) is 12.2 Å². The van der Waals surface area contributed by atoms with Gasteiger partial charge in [0.2, 0.25) is 0 Å². The van der Waals surface area contributed by atoms with Crippen molar-refractivity contribution in [3.05, 3.63) is 53.6 Å². The average Bonchev–Trinajstić information content (AvgIpc) is 2.61. The number of rotatable bonds is 5. The second kappa shape index (κ2) is 7.62. The van der Waals surface area contributed by atoms with Gasteiger partial charge < -0.3 is 14.8 Å². The highest BCUT2D eigenvalue weighted by atomic mass is 32.2. The Morgan fingerprint density at radius 1 is 1.31 bits per heavy atom. The van der Waals surface area contributed by atoms with E-state index >= 15 is 0 Å². The summed E-state index contributed by atoms with van der Waals surface area (Å²) in [6, 6.07) is 13.4. The number of amides is 1. The number of thioether (sulfide) groups is 1. The fraction of sp³-hybridized carbons (Fsp3) is 0.381.